The minimum absolute atomic E-state index is 0.171. The van der Waals surface area contributed by atoms with Crippen LogP contribution in [0, 0.1) is 24.0 Å². The van der Waals surface area contributed by atoms with Crippen molar-refractivity contribution in [2.75, 3.05) is 20.2 Å². The van der Waals surface area contributed by atoms with E-state index in [4.69, 9.17) is 4.74 Å². The van der Waals surface area contributed by atoms with Gasteiger partial charge in [0.1, 0.15) is 18.0 Å². The molecule has 9 nitrogen and oxygen atoms in total. The van der Waals surface area contributed by atoms with Crippen molar-refractivity contribution in [1.82, 2.24) is 14.7 Å². The number of ether oxygens (including phenoxy) is 1. The molecule has 0 atom stereocenters. The molecule has 0 N–H and O–H groups in total. The van der Waals surface area contributed by atoms with E-state index < -0.39 is 16.3 Å². The Hall–Kier alpha value is -4.01. The van der Waals surface area contributed by atoms with Gasteiger partial charge in [-0.05, 0) is 32.0 Å². The highest BCUT2D eigenvalue weighted by Gasteiger charge is 2.22. The van der Waals surface area contributed by atoms with Crippen LogP contribution in [0.3, 0.4) is 0 Å². The molecule has 0 aliphatic heterocycles. The molecule has 1 amide bonds. The number of aryl methyl sites for hydroxylation is 2. The second-order valence-corrected chi connectivity index (χ2v) is 7.04. The number of rotatable bonds is 7. The third-order valence-electron chi connectivity index (χ3n) is 4.68. The number of hydrogen-bond acceptors (Lipinski definition) is 6. The molecular weight excluding hydrogens is 400 g/mol. The van der Waals surface area contributed by atoms with Crippen molar-refractivity contribution in [3.63, 3.8) is 0 Å². The molecule has 1 heterocycles. The van der Waals surface area contributed by atoms with Crippen LogP contribution < -0.4 is 10.2 Å². The Morgan fingerprint density at radius 1 is 1.16 bits per heavy atom. The maximum absolute atomic E-state index is 12.8. The highest BCUT2D eigenvalue weighted by molar-refractivity contribution is 5.91. The summed E-state index contributed by atoms with van der Waals surface area (Å²) in [6, 6.07) is 14.8. The first-order valence-corrected chi connectivity index (χ1v) is 9.57. The molecule has 160 valence electrons. The van der Waals surface area contributed by atoms with Crippen LogP contribution in [0.5, 0.6) is 5.75 Å². The van der Waals surface area contributed by atoms with Crippen LogP contribution >= 0.6 is 0 Å². The maximum atomic E-state index is 12.8. The van der Waals surface area contributed by atoms with E-state index in [0.717, 1.165) is 5.56 Å². The minimum Gasteiger partial charge on any atom is -0.492 e. The van der Waals surface area contributed by atoms with Gasteiger partial charge in [0.15, 0.2) is 5.69 Å². The van der Waals surface area contributed by atoms with Gasteiger partial charge < -0.3 is 9.64 Å². The summed E-state index contributed by atoms with van der Waals surface area (Å²) in [6.07, 6.45) is 0. The summed E-state index contributed by atoms with van der Waals surface area (Å²) in [5.74, 6) is 0.0866. The normalized spacial score (nSPS) is 10.5. The maximum Gasteiger partial charge on any atom is 0.294 e. The zero-order valence-electron chi connectivity index (χ0n) is 17.4. The number of carbonyl (C=O) groups excluding carboxylic acids is 1. The predicted octanol–water partition coefficient (Wildman–Crippen LogP) is 2.91. The van der Waals surface area contributed by atoms with Gasteiger partial charge in [0.25, 0.3) is 11.6 Å². The van der Waals surface area contributed by atoms with E-state index >= 15 is 0 Å². The second kappa shape index (κ2) is 9.21. The Morgan fingerprint density at radius 3 is 2.52 bits per heavy atom. The number of nitro benzene ring substituents is 1. The van der Waals surface area contributed by atoms with Crippen LogP contribution in [0.2, 0.25) is 0 Å². The summed E-state index contributed by atoms with van der Waals surface area (Å²) in [5.41, 5.74) is 0.607. The molecule has 2 aromatic carbocycles. The molecule has 0 saturated heterocycles. The van der Waals surface area contributed by atoms with Crippen LogP contribution in [0.15, 0.2) is 59.4 Å². The monoisotopic (exact) mass is 422 g/mol. The number of aromatic nitrogens is 2. The van der Waals surface area contributed by atoms with Gasteiger partial charge >= 0.3 is 0 Å². The lowest BCUT2D eigenvalue weighted by Crippen LogP contribution is -2.36. The van der Waals surface area contributed by atoms with E-state index in [2.05, 4.69) is 5.10 Å². The van der Waals surface area contributed by atoms with Gasteiger partial charge in [0.05, 0.1) is 11.5 Å². The molecule has 3 aromatic rings. The average molecular weight is 422 g/mol. The fourth-order valence-electron chi connectivity index (χ4n) is 2.95. The van der Waals surface area contributed by atoms with Gasteiger partial charge in [-0.25, -0.2) is 4.68 Å². The average Bonchev–Trinajstić information content (AvgIpc) is 2.74. The van der Waals surface area contributed by atoms with Gasteiger partial charge in [0.2, 0.25) is 5.43 Å². The number of para-hydroxylation sites is 2. The Labute approximate surface area is 178 Å². The highest BCUT2D eigenvalue weighted by atomic mass is 16.6. The molecule has 0 unspecified atom stereocenters. The number of nitro groups is 1. The van der Waals surface area contributed by atoms with Crippen molar-refractivity contribution in [2.24, 2.45) is 0 Å². The molecule has 9 heteroatoms. The van der Waals surface area contributed by atoms with Crippen molar-refractivity contribution < 1.29 is 14.5 Å². The van der Waals surface area contributed by atoms with Crippen LogP contribution in [-0.2, 0) is 0 Å². The molecular formula is C22H22N4O5. The zero-order valence-corrected chi connectivity index (χ0v) is 17.4. The standard InChI is InChI=1S/C22H22N4O5/c1-15-8-10-17(11-9-15)31-13-12-24(3)22(28)21-20(27)14-16(2)25(23-21)18-6-4-5-7-19(18)26(29)30/h4-11,14H,12-13H2,1-3H3. The number of hydrogen-bond donors (Lipinski definition) is 0. The molecule has 31 heavy (non-hydrogen) atoms. The molecule has 0 radical (unpaired) electrons. The Morgan fingerprint density at radius 2 is 1.84 bits per heavy atom. The van der Waals surface area contributed by atoms with Crippen molar-refractivity contribution in [2.45, 2.75) is 13.8 Å². The van der Waals surface area contributed by atoms with E-state index in [1.54, 1.807) is 13.0 Å². The highest BCUT2D eigenvalue weighted by Crippen LogP contribution is 2.22. The molecule has 0 saturated carbocycles. The van der Waals surface area contributed by atoms with Crippen molar-refractivity contribution >= 4 is 11.6 Å². The summed E-state index contributed by atoms with van der Waals surface area (Å²) >= 11 is 0. The van der Waals surface area contributed by atoms with Gasteiger partial charge in [-0.3, -0.25) is 19.7 Å². The van der Waals surface area contributed by atoms with Crippen LogP contribution in [0.1, 0.15) is 21.7 Å². The summed E-state index contributed by atoms with van der Waals surface area (Å²) in [4.78, 5) is 37.4. The Kier molecular flexibility index (Phi) is 6.44. The first-order valence-electron chi connectivity index (χ1n) is 9.57. The summed E-state index contributed by atoms with van der Waals surface area (Å²) in [5, 5.41) is 15.5. The number of likely N-dealkylation sites (N-methyl/N-ethyl adjacent to an activating group) is 1. The number of benzene rings is 2. The zero-order chi connectivity index (χ0) is 22.5. The number of amides is 1. The van der Waals surface area contributed by atoms with Gasteiger partial charge in [-0.2, -0.15) is 5.10 Å². The van der Waals surface area contributed by atoms with E-state index in [1.165, 1.54) is 40.9 Å². The van der Waals surface area contributed by atoms with Gasteiger partial charge in [-0.15, -0.1) is 0 Å². The molecule has 0 aliphatic carbocycles. The van der Waals surface area contributed by atoms with E-state index in [0.29, 0.717) is 11.4 Å². The van der Waals surface area contributed by atoms with Crippen molar-refractivity contribution in [1.29, 1.82) is 0 Å². The van der Waals surface area contributed by atoms with E-state index in [9.17, 15) is 19.7 Å². The Balaban J connectivity index is 1.81. The second-order valence-electron chi connectivity index (χ2n) is 7.04. The fraction of sp³-hybridized carbons (Fsp3) is 0.227. The van der Waals surface area contributed by atoms with Gasteiger partial charge in [-0.1, -0.05) is 29.8 Å². The van der Waals surface area contributed by atoms with Crippen LogP contribution in [0.25, 0.3) is 5.69 Å². The molecule has 3 rings (SSSR count). The third kappa shape index (κ3) is 4.95. The third-order valence-corrected chi connectivity index (χ3v) is 4.68. The Bertz CT molecular complexity index is 1170. The molecule has 1 aromatic heterocycles. The van der Waals surface area contributed by atoms with Crippen molar-refractivity contribution in [3.8, 4) is 11.4 Å². The lowest BCUT2D eigenvalue weighted by atomic mass is 10.2. The SMILES string of the molecule is Cc1ccc(OCCN(C)C(=O)c2nn(-c3ccccc3[N+](=O)[O-])c(C)cc2=O)cc1. The molecule has 0 fully saturated rings. The predicted molar refractivity (Wildman–Crippen MR) is 115 cm³/mol. The summed E-state index contributed by atoms with van der Waals surface area (Å²) < 4.78 is 6.87. The molecule has 0 bridgehead atoms. The quantitative estimate of drug-likeness (QED) is 0.428. The summed E-state index contributed by atoms with van der Waals surface area (Å²) in [6.45, 7) is 4.03. The molecule has 0 aliphatic rings. The largest absolute Gasteiger partial charge is 0.492 e. The van der Waals surface area contributed by atoms with Crippen LogP contribution in [0.4, 0.5) is 5.69 Å². The smallest absolute Gasteiger partial charge is 0.294 e. The lowest BCUT2D eigenvalue weighted by molar-refractivity contribution is -0.384. The van der Waals surface area contributed by atoms with E-state index in [-0.39, 0.29) is 30.2 Å². The molecule has 0 spiro atoms. The number of nitrogens with zero attached hydrogens (tertiary/aromatic N) is 4. The first kappa shape index (κ1) is 21.7. The van der Waals surface area contributed by atoms with Crippen molar-refractivity contribution in [3.05, 3.63) is 91.9 Å². The number of carbonyl (C=O) groups is 1. The first-order chi connectivity index (χ1) is 14.8. The van der Waals surface area contributed by atoms with Crippen LogP contribution in [-0.4, -0.2) is 45.7 Å². The topological polar surface area (TPSA) is 108 Å². The minimum atomic E-state index is -0.593. The fourth-order valence-corrected chi connectivity index (χ4v) is 2.95. The summed E-state index contributed by atoms with van der Waals surface area (Å²) in [7, 11) is 1.54. The lowest BCUT2D eigenvalue weighted by Gasteiger charge is -2.18. The van der Waals surface area contributed by atoms with Gasteiger partial charge in [0, 0.05) is 24.9 Å². The van der Waals surface area contributed by atoms with E-state index in [1.807, 2.05) is 31.2 Å².